The Kier molecular flexibility index (Phi) is 3.62. The highest BCUT2D eigenvalue weighted by Crippen LogP contribution is 2.57. The SMILES string of the molecule is CC(C)c1cc2c(cc1O)[C@@]1(C)CCC[C@@](C)(C=O)C1CC2. The maximum Gasteiger partial charge on any atom is 0.126 e. The van der Waals surface area contributed by atoms with Gasteiger partial charge in [0, 0.05) is 5.41 Å². The first-order valence-corrected chi connectivity index (χ1v) is 8.64. The predicted molar refractivity (Wildman–Crippen MR) is 89.4 cm³/mol. The van der Waals surface area contributed by atoms with Gasteiger partial charge in [-0.15, -0.1) is 0 Å². The van der Waals surface area contributed by atoms with Crippen molar-refractivity contribution < 1.29 is 9.90 Å². The summed E-state index contributed by atoms with van der Waals surface area (Å²) in [4.78, 5) is 11.8. The van der Waals surface area contributed by atoms with Crippen molar-refractivity contribution in [1.29, 1.82) is 0 Å². The van der Waals surface area contributed by atoms with E-state index in [1.807, 2.05) is 6.07 Å². The molecule has 1 unspecified atom stereocenters. The zero-order valence-corrected chi connectivity index (χ0v) is 14.3. The summed E-state index contributed by atoms with van der Waals surface area (Å²) in [5, 5.41) is 10.5. The van der Waals surface area contributed by atoms with E-state index in [0.717, 1.165) is 37.7 Å². The second-order valence-corrected chi connectivity index (χ2v) is 8.21. The summed E-state index contributed by atoms with van der Waals surface area (Å²) in [6.45, 7) is 8.69. The Morgan fingerprint density at radius 3 is 2.64 bits per heavy atom. The second kappa shape index (κ2) is 5.11. The number of fused-ring (bicyclic) bond motifs is 3. The van der Waals surface area contributed by atoms with Crippen molar-refractivity contribution in [3.63, 3.8) is 0 Å². The molecule has 1 aromatic carbocycles. The third-order valence-electron chi connectivity index (χ3n) is 6.44. The fraction of sp³-hybridized carbons (Fsp3) is 0.650. The van der Waals surface area contributed by atoms with Gasteiger partial charge in [-0.25, -0.2) is 0 Å². The van der Waals surface area contributed by atoms with Crippen LogP contribution in [0.15, 0.2) is 12.1 Å². The number of hydrogen-bond donors (Lipinski definition) is 1. The van der Waals surface area contributed by atoms with Gasteiger partial charge in [0.15, 0.2) is 0 Å². The molecule has 0 heterocycles. The average Bonchev–Trinajstić information content (AvgIpc) is 2.47. The van der Waals surface area contributed by atoms with E-state index in [1.165, 1.54) is 17.4 Å². The normalized spacial score (nSPS) is 34.1. The van der Waals surface area contributed by atoms with Crippen molar-refractivity contribution in [2.24, 2.45) is 11.3 Å². The van der Waals surface area contributed by atoms with Crippen LogP contribution in [0, 0.1) is 11.3 Å². The summed E-state index contributed by atoms with van der Waals surface area (Å²) in [6, 6.07) is 4.22. The second-order valence-electron chi connectivity index (χ2n) is 8.21. The first-order chi connectivity index (χ1) is 10.3. The molecule has 1 saturated carbocycles. The number of benzene rings is 1. The zero-order valence-electron chi connectivity index (χ0n) is 14.3. The number of aldehydes is 1. The van der Waals surface area contributed by atoms with Gasteiger partial charge in [0.25, 0.3) is 0 Å². The maximum atomic E-state index is 11.8. The van der Waals surface area contributed by atoms with Gasteiger partial charge in [0.05, 0.1) is 0 Å². The minimum atomic E-state index is -0.211. The standard InChI is InChI=1S/C20H28O2/c1-13(2)15-10-14-6-7-18-19(3,12-21)8-5-9-20(18,4)16(14)11-17(15)22/h10-13,18,22H,5-9H2,1-4H3/t18?,19-,20+/m0/s1. The van der Waals surface area contributed by atoms with Crippen LogP contribution in [0.5, 0.6) is 5.75 Å². The number of phenolic OH excluding ortho intramolecular Hbond substituents is 1. The van der Waals surface area contributed by atoms with Crippen LogP contribution in [-0.2, 0) is 16.6 Å². The molecule has 120 valence electrons. The van der Waals surface area contributed by atoms with Gasteiger partial charge in [-0.1, -0.05) is 40.2 Å². The molecule has 22 heavy (non-hydrogen) atoms. The van der Waals surface area contributed by atoms with Crippen LogP contribution in [0.3, 0.4) is 0 Å². The number of aryl methyl sites for hydroxylation is 1. The highest BCUT2D eigenvalue weighted by Gasteiger charge is 2.51. The van der Waals surface area contributed by atoms with Crippen LogP contribution in [0.25, 0.3) is 0 Å². The number of phenols is 1. The summed E-state index contributed by atoms with van der Waals surface area (Å²) < 4.78 is 0. The summed E-state index contributed by atoms with van der Waals surface area (Å²) in [7, 11) is 0. The van der Waals surface area contributed by atoms with E-state index in [0.29, 0.717) is 17.6 Å². The molecule has 3 atom stereocenters. The lowest BCUT2D eigenvalue weighted by atomic mass is 9.50. The lowest BCUT2D eigenvalue weighted by molar-refractivity contribution is -0.123. The Labute approximate surface area is 133 Å². The largest absolute Gasteiger partial charge is 0.508 e. The Morgan fingerprint density at radius 1 is 1.27 bits per heavy atom. The quantitative estimate of drug-likeness (QED) is 0.802. The van der Waals surface area contributed by atoms with Crippen LogP contribution in [0.1, 0.15) is 76.0 Å². The third kappa shape index (κ3) is 2.11. The molecule has 0 saturated heterocycles. The Morgan fingerprint density at radius 2 is 2.00 bits per heavy atom. The van der Waals surface area contributed by atoms with Gasteiger partial charge < -0.3 is 9.90 Å². The number of rotatable bonds is 2. The van der Waals surface area contributed by atoms with E-state index in [2.05, 4.69) is 33.8 Å². The molecule has 2 nitrogen and oxygen atoms in total. The molecule has 1 aromatic rings. The molecular formula is C20H28O2. The highest BCUT2D eigenvalue weighted by molar-refractivity contribution is 5.61. The van der Waals surface area contributed by atoms with E-state index < -0.39 is 0 Å². The van der Waals surface area contributed by atoms with Gasteiger partial charge >= 0.3 is 0 Å². The van der Waals surface area contributed by atoms with Gasteiger partial charge in [0.2, 0.25) is 0 Å². The van der Waals surface area contributed by atoms with Crippen molar-refractivity contribution in [2.45, 2.75) is 71.1 Å². The van der Waals surface area contributed by atoms with Crippen molar-refractivity contribution in [2.75, 3.05) is 0 Å². The highest BCUT2D eigenvalue weighted by atomic mass is 16.3. The molecule has 0 bridgehead atoms. The smallest absolute Gasteiger partial charge is 0.126 e. The molecule has 2 heteroatoms. The van der Waals surface area contributed by atoms with Crippen molar-refractivity contribution >= 4 is 6.29 Å². The lowest BCUT2D eigenvalue weighted by Crippen LogP contribution is -2.49. The topological polar surface area (TPSA) is 37.3 Å². The first kappa shape index (κ1) is 15.6. The van der Waals surface area contributed by atoms with E-state index >= 15 is 0 Å². The van der Waals surface area contributed by atoms with Crippen LogP contribution in [0.4, 0.5) is 0 Å². The molecule has 0 aliphatic heterocycles. The van der Waals surface area contributed by atoms with E-state index in [4.69, 9.17) is 0 Å². The number of hydrogen-bond acceptors (Lipinski definition) is 2. The molecule has 0 spiro atoms. The average molecular weight is 300 g/mol. The van der Waals surface area contributed by atoms with Crippen molar-refractivity contribution in [3.05, 3.63) is 28.8 Å². The minimum Gasteiger partial charge on any atom is -0.508 e. The Hall–Kier alpha value is -1.31. The summed E-state index contributed by atoms with van der Waals surface area (Å²) in [5.74, 6) is 1.15. The van der Waals surface area contributed by atoms with Crippen LogP contribution in [-0.4, -0.2) is 11.4 Å². The van der Waals surface area contributed by atoms with Crippen LogP contribution >= 0.6 is 0 Å². The molecule has 1 N–H and O–H groups in total. The third-order valence-corrected chi connectivity index (χ3v) is 6.44. The molecule has 2 aliphatic rings. The van der Waals surface area contributed by atoms with Crippen molar-refractivity contribution in [3.8, 4) is 5.75 Å². The summed E-state index contributed by atoms with van der Waals surface area (Å²) in [6.07, 6.45) is 6.52. The number of aromatic hydroxyl groups is 1. The fourth-order valence-corrected chi connectivity index (χ4v) is 5.18. The van der Waals surface area contributed by atoms with Gasteiger partial charge in [-0.2, -0.15) is 0 Å². The zero-order chi connectivity index (χ0) is 16.1. The molecule has 3 rings (SSSR count). The molecule has 1 fully saturated rings. The van der Waals surface area contributed by atoms with Crippen LogP contribution < -0.4 is 0 Å². The number of carbonyl (C=O) groups is 1. The fourth-order valence-electron chi connectivity index (χ4n) is 5.18. The summed E-state index contributed by atoms with van der Waals surface area (Å²) >= 11 is 0. The first-order valence-electron chi connectivity index (χ1n) is 8.64. The Balaban J connectivity index is 2.13. The number of carbonyl (C=O) groups excluding carboxylic acids is 1. The van der Waals surface area contributed by atoms with Crippen molar-refractivity contribution in [1.82, 2.24) is 0 Å². The van der Waals surface area contributed by atoms with E-state index in [9.17, 15) is 9.90 Å². The van der Waals surface area contributed by atoms with Crippen LogP contribution in [0.2, 0.25) is 0 Å². The van der Waals surface area contributed by atoms with Gasteiger partial charge in [-0.05, 0) is 65.7 Å². The molecule has 0 amide bonds. The Bertz CT molecular complexity index is 604. The molecular weight excluding hydrogens is 272 g/mol. The molecule has 0 radical (unpaired) electrons. The van der Waals surface area contributed by atoms with E-state index in [1.54, 1.807) is 0 Å². The predicted octanol–water partition coefficient (Wildman–Crippen LogP) is 4.72. The van der Waals surface area contributed by atoms with E-state index in [-0.39, 0.29) is 10.8 Å². The van der Waals surface area contributed by atoms with Gasteiger partial charge in [0.1, 0.15) is 12.0 Å². The maximum absolute atomic E-state index is 11.8. The lowest BCUT2D eigenvalue weighted by Gasteiger charge is -2.53. The minimum absolute atomic E-state index is 0.0223. The summed E-state index contributed by atoms with van der Waals surface area (Å²) in [5.41, 5.74) is 3.54. The monoisotopic (exact) mass is 300 g/mol. The van der Waals surface area contributed by atoms with Gasteiger partial charge in [-0.3, -0.25) is 0 Å². The molecule has 2 aliphatic carbocycles. The molecule has 0 aromatic heterocycles.